The quantitative estimate of drug-likeness (QED) is 0.108. The van der Waals surface area contributed by atoms with Gasteiger partial charge in [-0.25, -0.2) is 5.53 Å². The van der Waals surface area contributed by atoms with Gasteiger partial charge in [-0.3, -0.25) is 20.3 Å². The molecule has 0 aliphatic heterocycles. The van der Waals surface area contributed by atoms with Crippen LogP contribution >= 0.6 is 0 Å². The van der Waals surface area contributed by atoms with Gasteiger partial charge in [0.15, 0.2) is 6.10 Å². The van der Waals surface area contributed by atoms with E-state index in [1.165, 1.54) is 22.5 Å². The van der Waals surface area contributed by atoms with Gasteiger partial charge < -0.3 is 10.1 Å². The first-order chi connectivity index (χ1) is 20.4. The molecule has 0 fully saturated rings. The Bertz CT molecular complexity index is 1590. The lowest BCUT2D eigenvalue weighted by Gasteiger charge is -2.31. The molecular formula is C33H42N6O4. The molecule has 0 saturated heterocycles. The van der Waals surface area contributed by atoms with Gasteiger partial charge in [0.05, 0.1) is 22.3 Å². The van der Waals surface area contributed by atoms with Crippen molar-refractivity contribution in [3.63, 3.8) is 0 Å². The fourth-order valence-electron chi connectivity index (χ4n) is 4.65. The number of amides is 1. The molecular weight excluding hydrogens is 544 g/mol. The highest BCUT2D eigenvalue weighted by Crippen LogP contribution is 2.39. The molecule has 3 aromatic carbocycles. The second-order valence-electron chi connectivity index (χ2n) is 12.1. The molecule has 1 aromatic heterocycles. The van der Waals surface area contributed by atoms with Crippen molar-refractivity contribution in [2.24, 2.45) is 0 Å². The molecule has 1 atom stereocenters. The number of hydrogen-bond acceptors (Lipinski definition) is 7. The molecule has 10 heteroatoms. The number of non-ortho nitro benzene ring substituents is 1. The van der Waals surface area contributed by atoms with Crippen molar-refractivity contribution >= 4 is 33.9 Å². The van der Waals surface area contributed by atoms with Gasteiger partial charge in [-0.2, -0.15) is 9.89 Å². The third kappa shape index (κ3) is 7.07. The van der Waals surface area contributed by atoms with Crippen LogP contribution in [-0.4, -0.2) is 26.8 Å². The summed E-state index contributed by atoms with van der Waals surface area (Å²) in [6, 6.07) is 18.2. The number of carbonyl (C=O) groups is 1. The van der Waals surface area contributed by atoms with E-state index in [1.54, 1.807) is 24.4 Å². The number of aromatic nitrogens is 2. The van der Waals surface area contributed by atoms with Gasteiger partial charge in [0.2, 0.25) is 0 Å². The first-order valence-electron chi connectivity index (χ1n) is 14.7. The number of hydrazine groups is 1. The summed E-state index contributed by atoms with van der Waals surface area (Å²) >= 11 is 0. The Balaban J connectivity index is 1.42. The Hall–Kier alpha value is -4.60. The highest BCUT2D eigenvalue weighted by molar-refractivity contribution is 5.94. The first-order valence-corrected chi connectivity index (χ1v) is 14.7. The molecule has 0 radical (unpaired) electrons. The molecule has 3 N–H and O–H groups in total. The standard InChI is InChI=1S/C33H42N6O4/c1-8-29(43-30-18-11-23(32(4,5)9-2)20-27(30)33(6,7)10-3)31(40)35-24-12-14-25(15-13-24)36-37-38-28-17-16-26(39(41)42)19-22(28)21-34-38/h11-21,29,36-37H,8-10H2,1-7H3,(H,35,40). The summed E-state index contributed by atoms with van der Waals surface area (Å²) in [6.45, 7) is 15.2. The van der Waals surface area contributed by atoms with Gasteiger partial charge in [-0.1, -0.05) is 60.6 Å². The molecule has 0 bridgehead atoms. The Morgan fingerprint density at radius 3 is 2.26 bits per heavy atom. The van der Waals surface area contributed by atoms with E-state index in [0.717, 1.165) is 29.8 Å². The number of nitro groups is 1. The maximum atomic E-state index is 13.3. The van der Waals surface area contributed by atoms with Crippen LogP contribution in [0.5, 0.6) is 5.75 Å². The maximum Gasteiger partial charge on any atom is 0.270 e. The van der Waals surface area contributed by atoms with Gasteiger partial charge in [0.25, 0.3) is 11.6 Å². The van der Waals surface area contributed by atoms with Gasteiger partial charge >= 0.3 is 0 Å². The van der Waals surface area contributed by atoms with E-state index >= 15 is 0 Å². The smallest absolute Gasteiger partial charge is 0.270 e. The molecule has 0 saturated carbocycles. The summed E-state index contributed by atoms with van der Waals surface area (Å²) in [5.74, 6) is 0.535. The summed E-state index contributed by atoms with van der Waals surface area (Å²) in [5, 5.41) is 18.9. The molecule has 1 amide bonds. The highest BCUT2D eigenvalue weighted by Gasteiger charge is 2.29. The monoisotopic (exact) mass is 586 g/mol. The molecule has 0 spiro atoms. The Morgan fingerprint density at radius 2 is 1.63 bits per heavy atom. The van der Waals surface area contributed by atoms with Crippen LogP contribution in [0.25, 0.3) is 10.9 Å². The second-order valence-corrected chi connectivity index (χ2v) is 12.1. The summed E-state index contributed by atoms with van der Waals surface area (Å²) in [4.78, 5) is 25.4. The van der Waals surface area contributed by atoms with E-state index in [2.05, 4.69) is 75.1 Å². The number of ether oxygens (including phenoxy) is 1. The fraction of sp³-hybridized carbons (Fsp3) is 0.394. The van der Waals surface area contributed by atoms with Crippen molar-refractivity contribution in [1.29, 1.82) is 0 Å². The zero-order chi connectivity index (χ0) is 31.4. The van der Waals surface area contributed by atoms with Crippen molar-refractivity contribution in [2.75, 3.05) is 16.3 Å². The van der Waals surface area contributed by atoms with Crippen molar-refractivity contribution in [2.45, 2.75) is 84.7 Å². The number of nitrogens with zero attached hydrogens (tertiary/aromatic N) is 3. The lowest BCUT2D eigenvalue weighted by molar-refractivity contribution is -0.384. The van der Waals surface area contributed by atoms with Gasteiger partial charge in [0, 0.05) is 28.8 Å². The minimum Gasteiger partial charge on any atom is -0.480 e. The third-order valence-corrected chi connectivity index (χ3v) is 8.41. The second kappa shape index (κ2) is 12.7. The number of rotatable bonds is 13. The maximum absolute atomic E-state index is 13.3. The summed E-state index contributed by atoms with van der Waals surface area (Å²) in [6.07, 6.45) is 3.38. The Labute approximate surface area is 252 Å². The van der Waals surface area contributed by atoms with Crippen molar-refractivity contribution < 1.29 is 14.5 Å². The van der Waals surface area contributed by atoms with E-state index in [1.807, 2.05) is 25.1 Å². The number of nitrogens with one attached hydrogen (secondary N) is 3. The predicted molar refractivity (Wildman–Crippen MR) is 172 cm³/mol. The third-order valence-electron chi connectivity index (χ3n) is 8.41. The van der Waals surface area contributed by atoms with E-state index in [4.69, 9.17) is 4.74 Å². The van der Waals surface area contributed by atoms with E-state index in [9.17, 15) is 14.9 Å². The Kier molecular flexibility index (Phi) is 9.27. The minimum atomic E-state index is -0.653. The number of carbonyl (C=O) groups excluding carboxylic acids is 1. The predicted octanol–water partition coefficient (Wildman–Crippen LogP) is 7.69. The van der Waals surface area contributed by atoms with E-state index < -0.39 is 11.0 Å². The van der Waals surface area contributed by atoms with E-state index in [-0.39, 0.29) is 22.4 Å². The lowest BCUT2D eigenvalue weighted by Crippen LogP contribution is -2.33. The molecule has 0 aliphatic carbocycles. The first kappa shape index (κ1) is 31.3. The molecule has 1 unspecified atom stereocenters. The van der Waals surface area contributed by atoms with Crippen LogP contribution in [0, 0.1) is 10.1 Å². The average Bonchev–Trinajstić information content (AvgIpc) is 3.41. The highest BCUT2D eigenvalue weighted by atomic mass is 16.6. The van der Waals surface area contributed by atoms with E-state index in [0.29, 0.717) is 23.0 Å². The SMILES string of the molecule is CCC(Oc1ccc(C(C)(C)CC)cc1C(C)(C)CC)C(=O)Nc1ccc(NNn2ncc3cc([N+](=O)[O-])ccc32)cc1. The minimum absolute atomic E-state index is 0.00696. The zero-order valence-corrected chi connectivity index (χ0v) is 26.0. The molecule has 10 nitrogen and oxygen atoms in total. The van der Waals surface area contributed by atoms with Crippen LogP contribution < -0.4 is 21.0 Å². The molecule has 0 aliphatic rings. The molecule has 228 valence electrons. The summed E-state index contributed by atoms with van der Waals surface area (Å²) in [7, 11) is 0. The summed E-state index contributed by atoms with van der Waals surface area (Å²) in [5.41, 5.74) is 10.4. The number of benzene rings is 3. The largest absolute Gasteiger partial charge is 0.480 e. The van der Waals surface area contributed by atoms with Crippen LogP contribution in [0.4, 0.5) is 17.1 Å². The summed E-state index contributed by atoms with van der Waals surface area (Å²) < 4.78 is 6.40. The number of nitro benzene ring substituents is 1. The Morgan fingerprint density at radius 1 is 0.953 bits per heavy atom. The fourth-order valence-corrected chi connectivity index (χ4v) is 4.65. The van der Waals surface area contributed by atoms with Gasteiger partial charge in [-0.05, 0) is 72.1 Å². The van der Waals surface area contributed by atoms with Crippen LogP contribution in [0.15, 0.2) is 66.9 Å². The molecule has 4 rings (SSSR count). The molecule has 43 heavy (non-hydrogen) atoms. The van der Waals surface area contributed by atoms with Crippen molar-refractivity contribution in [1.82, 2.24) is 9.89 Å². The van der Waals surface area contributed by atoms with Crippen molar-refractivity contribution in [3.8, 4) is 5.75 Å². The lowest BCUT2D eigenvalue weighted by atomic mass is 9.76. The number of fused-ring (bicyclic) bond motifs is 1. The van der Waals surface area contributed by atoms with Crippen LogP contribution in [0.3, 0.4) is 0 Å². The van der Waals surface area contributed by atoms with Crippen LogP contribution in [0.2, 0.25) is 0 Å². The van der Waals surface area contributed by atoms with Gasteiger partial charge in [-0.15, -0.1) is 0 Å². The van der Waals surface area contributed by atoms with Gasteiger partial charge in [0.1, 0.15) is 5.75 Å². The topological polar surface area (TPSA) is 123 Å². The number of hydrogen-bond donors (Lipinski definition) is 3. The average molecular weight is 587 g/mol. The molecule has 4 aromatic rings. The molecule has 1 heterocycles. The zero-order valence-electron chi connectivity index (χ0n) is 26.0. The van der Waals surface area contributed by atoms with Crippen LogP contribution in [0.1, 0.15) is 78.9 Å². The van der Waals surface area contributed by atoms with Crippen LogP contribution in [-0.2, 0) is 15.6 Å². The normalized spacial score (nSPS) is 12.5. The van der Waals surface area contributed by atoms with Crippen molar-refractivity contribution in [3.05, 3.63) is 88.1 Å². The number of anilines is 2.